The summed E-state index contributed by atoms with van der Waals surface area (Å²) in [6.07, 6.45) is 7.71. The number of thiophene rings is 1. The molecule has 2 aromatic carbocycles. The van der Waals surface area contributed by atoms with Crippen molar-refractivity contribution in [2.75, 3.05) is 0 Å². The summed E-state index contributed by atoms with van der Waals surface area (Å²) in [4.78, 5) is 1.54. The van der Waals surface area contributed by atoms with E-state index in [1.54, 1.807) is 0 Å². The molecule has 0 spiro atoms. The van der Waals surface area contributed by atoms with E-state index in [0.29, 0.717) is 0 Å². The first kappa shape index (κ1) is 15.6. The van der Waals surface area contributed by atoms with Crippen molar-refractivity contribution in [2.24, 2.45) is 7.05 Å². The molecule has 0 atom stereocenters. The molecule has 2 aliphatic rings. The van der Waals surface area contributed by atoms with Crippen LogP contribution in [0.1, 0.15) is 42.0 Å². The number of rotatable bonds is 1. The number of aromatic nitrogens is 1. The maximum absolute atomic E-state index is 6.56. The largest absolute Gasteiger partial charge is 0.448 e. The van der Waals surface area contributed by atoms with Gasteiger partial charge in [0.2, 0.25) is 5.75 Å². The molecule has 0 radical (unpaired) electrons. The second-order valence-electron chi connectivity index (χ2n) is 8.05. The molecule has 27 heavy (non-hydrogen) atoms. The zero-order chi connectivity index (χ0) is 18.1. The van der Waals surface area contributed by atoms with Crippen LogP contribution in [-0.2, 0) is 7.05 Å². The number of ether oxygens (including phenoxy) is 1. The number of benzene rings is 2. The average molecular weight is 373 g/mol. The third-order valence-corrected chi connectivity index (χ3v) is 7.62. The third kappa shape index (κ3) is 2.15. The lowest BCUT2D eigenvalue weighted by molar-refractivity contribution is -0.659. The van der Waals surface area contributed by atoms with E-state index >= 15 is 0 Å². The van der Waals surface area contributed by atoms with Gasteiger partial charge in [-0.15, -0.1) is 11.3 Å². The van der Waals surface area contributed by atoms with E-state index in [1.807, 2.05) is 11.3 Å². The van der Waals surface area contributed by atoms with Crippen molar-refractivity contribution in [3.05, 3.63) is 53.0 Å². The summed E-state index contributed by atoms with van der Waals surface area (Å²) < 4.78 is 10.1. The monoisotopic (exact) mass is 372 g/mol. The lowest BCUT2D eigenvalue weighted by Crippen LogP contribution is -2.32. The van der Waals surface area contributed by atoms with Crippen LogP contribution in [0.15, 0.2) is 42.6 Å². The van der Waals surface area contributed by atoms with Gasteiger partial charge < -0.3 is 4.74 Å². The van der Waals surface area contributed by atoms with Crippen molar-refractivity contribution in [1.29, 1.82) is 0 Å². The highest BCUT2D eigenvalue weighted by Crippen LogP contribution is 2.51. The first-order valence-electron chi connectivity index (χ1n) is 9.87. The van der Waals surface area contributed by atoms with Crippen molar-refractivity contribution in [3.8, 4) is 22.8 Å². The van der Waals surface area contributed by atoms with Gasteiger partial charge in [-0.1, -0.05) is 37.1 Å². The van der Waals surface area contributed by atoms with Gasteiger partial charge in [0.15, 0.2) is 6.20 Å². The van der Waals surface area contributed by atoms with Crippen LogP contribution in [0.3, 0.4) is 0 Å². The Morgan fingerprint density at radius 2 is 1.93 bits per heavy atom. The maximum atomic E-state index is 6.56. The van der Waals surface area contributed by atoms with E-state index in [4.69, 9.17) is 4.74 Å². The fraction of sp³-hybridized carbons (Fsp3) is 0.292. The van der Waals surface area contributed by atoms with Crippen LogP contribution in [-0.4, -0.2) is 0 Å². The molecule has 2 nitrogen and oxygen atoms in total. The summed E-state index contributed by atoms with van der Waals surface area (Å²) in [5.41, 5.74) is 3.84. The lowest BCUT2D eigenvalue weighted by Gasteiger charge is -2.20. The van der Waals surface area contributed by atoms with Crippen LogP contribution < -0.4 is 9.30 Å². The molecule has 134 valence electrons. The minimum absolute atomic E-state index is 0.740. The molecule has 0 amide bonds. The molecule has 3 heterocycles. The van der Waals surface area contributed by atoms with Crippen LogP contribution in [0, 0.1) is 6.92 Å². The maximum Gasteiger partial charge on any atom is 0.257 e. The van der Waals surface area contributed by atoms with Crippen LogP contribution in [0.5, 0.6) is 11.5 Å². The Kier molecular flexibility index (Phi) is 3.22. The summed E-state index contributed by atoms with van der Waals surface area (Å²) in [6.45, 7) is 2.21. The van der Waals surface area contributed by atoms with Gasteiger partial charge in [-0.25, -0.2) is 0 Å². The summed E-state index contributed by atoms with van der Waals surface area (Å²) in [7, 11) is 2.15. The first-order chi connectivity index (χ1) is 13.2. The number of hydrogen-bond donors (Lipinski definition) is 0. The molecule has 3 heteroatoms. The van der Waals surface area contributed by atoms with Crippen LogP contribution in [0.2, 0.25) is 0 Å². The van der Waals surface area contributed by atoms with E-state index in [1.165, 1.54) is 68.2 Å². The minimum atomic E-state index is 0.740. The number of pyridine rings is 1. The van der Waals surface area contributed by atoms with Crippen molar-refractivity contribution in [2.45, 2.75) is 38.5 Å². The molecule has 4 aromatic rings. The Morgan fingerprint density at radius 3 is 2.78 bits per heavy atom. The zero-order valence-corrected chi connectivity index (χ0v) is 16.5. The molecule has 2 aromatic heterocycles. The number of nitrogens with zero attached hydrogens (tertiary/aromatic N) is 1. The summed E-state index contributed by atoms with van der Waals surface area (Å²) in [5.74, 6) is 2.77. The quantitative estimate of drug-likeness (QED) is 0.301. The van der Waals surface area contributed by atoms with Gasteiger partial charge in [-0.2, -0.15) is 4.57 Å². The predicted octanol–water partition coefficient (Wildman–Crippen LogP) is 6.62. The smallest absolute Gasteiger partial charge is 0.257 e. The predicted molar refractivity (Wildman–Crippen MR) is 112 cm³/mol. The van der Waals surface area contributed by atoms with Crippen LogP contribution >= 0.6 is 11.3 Å². The standard InChI is InChI=1S/C24H22NOS/c1-14-10-11-16-8-5-9-18-21(16)20(14)22-23(26-18)24-17(13-25(22)2)12-19(27-24)15-6-3-4-7-15/h5,8-13,15H,3-4,6-7H2,1-2H3/q+1. The van der Waals surface area contributed by atoms with E-state index in [0.717, 1.165) is 17.4 Å². The summed E-state index contributed by atoms with van der Waals surface area (Å²) >= 11 is 1.95. The van der Waals surface area contributed by atoms with E-state index in [9.17, 15) is 0 Å². The highest BCUT2D eigenvalue weighted by molar-refractivity contribution is 7.19. The molecule has 0 bridgehead atoms. The first-order valence-corrected chi connectivity index (χ1v) is 10.7. The number of fused-ring (bicyclic) bond motifs is 4. The van der Waals surface area contributed by atoms with Crippen LogP contribution in [0.25, 0.3) is 32.1 Å². The van der Waals surface area contributed by atoms with Gasteiger partial charge in [0, 0.05) is 10.3 Å². The molecule has 0 unspecified atom stereocenters. The molecule has 1 fully saturated rings. The summed E-state index contributed by atoms with van der Waals surface area (Å²) in [6, 6.07) is 13.2. The molecule has 1 aliphatic carbocycles. The molecule has 0 saturated heterocycles. The lowest BCUT2D eigenvalue weighted by atomic mass is 9.93. The molecule has 0 N–H and O–H groups in total. The summed E-state index contributed by atoms with van der Waals surface area (Å²) in [5, 5.41) is 3.80. The minimum Gasteiger partial charge on any atom is -0.448 e. The van der Waals surface area contributed by atoms with Gasteiger partial charge >= 0.3 is 0 Å². The molecule has 1 saturated carbocycles. The fourth-order valence-electron chi connectivity index (χ4n) is 4.99. The van der Waals surface area contributed by atoms with E-state index in [2.05, 4.69) is 61.1 Å². The third-order valence-electron chi connectivity index (χ3n) is 6.31. The molecular weight excluding hydrogens is 350 g/mol. The van der Waals surface area contributed by atoms with Gasteiger partial charge in [-0.3, -0.25) is 0 Å². The van der Waals surface area contributed by atoms with Crippen LogP contribution in [0.4, 0.5) is 0 Å². The number of aryl methyl sites for hydroxylation is 2. The highest BCUT2D eigenvalue weighted by Gasteiger charge is 2.32. The number of hydrogen-bond acceptors (Lipinski definition) is 2. The van der Waals surface area contributed by atoms with Crippen molar-refractivity contribution in [1.82, 2.24) is 0 Å². The second kappa shape index (κ2) is 5.56. The van der Waals surface area contributed by atoms with Gasteiger partial charge in [-0.05, 0) is 48.8 Å². The topological polar surface area (TPSA) is 13.1 Å². The fourth-order valence-corrected chi connectivity index (χ4v) is 6.27. The Labute approximate surface area is 163 Å². The van der Waals surface area contributed by atoms with Gasteiger partial charge in [0.1, 0.15) is 12.8 Å². The Morgan fingerprint density at radius 1 is 1.07 bits per heavy atom. The van der Waals surface area contributed by atoms with Crippen molar-refractivity contribution < 1.29 is 9.30 Å². The molecule has 1 aliphatic heterocycles. The Balaban J connectivity index is 1.69. The van der Waals surface area contributed by atoms with Gasteiger partial charge in [0.05, 0.1) is 15.6 Å². The van der Waals surface area contributed by atoms with E-state index < -0.39 is 0 Å². The second-order valence-corrected chi connectivity index (χ2v) is 9.13. The Hall–Kier alpha value is -2.39. The molecular formula is C24H22NOS+. The van der Waals surface area contributed by atoms with Crippen molar-refractivity contribution in [3.63, 3.8) is 0 Å². The van der Waals surface area contributed by atoms with Gasteiger partial charge in [0.25, 0.3) is 5.69 Å². The van der Waals surface area contributed by atoms with E-state index in [-0.39, 0.29) is 0 Å². The highest BCUT2D eigenvalue weighted by atomic mass is 32.1. The normalized spacial score (nSPS) is 16.1. The molecule has 6 rings (SSSR count). The average Bonchev–Trinajstić information content (AvgIpc) is 3.33. The SMILES string of the molecule is Cc1ccc2cccc3c2c1-c1c(c2sc(C4CCCC4)cc2c[n+]1C)O3. The zero-order valence-electron chi connectivity index (χ0n) is 15.7. The van der Waals surface area contributed by atoms with Crippen molar-refractivity contribution >= 4 is 32.2 Å². The Bertz CT molecular complexity index is 1230.